The maximum Gasteiger partial charge on any atom is 0.415 e. The van der Waals surface area contributed by atoms with Crippen LogP contribution in [0.2, 0.25) is 0 Å². The minimum atomic E-state index is -0.667. The van der Waals surface area contributed by atoms with Gasteiger partial charge in [-0.3, -0.25) is 4.79 Å². The van der Waals surface area contributed by atoms with Crippen LogP contribution in [0.5, 0.6) is 5.95 Å². The third-order valence-electron chi connectivity index (χ3n) is 2.57. The van der Waals surface area contributed by atoms with Gasteiger partial charge >= 0.3 is 12.0 Å². The van der Waals surface area contributed by atoms with Gasteiger partial charge in [0.25, 0.3) is 0 Å². The van der Waals surface area contributed by atoms with Gasteiger partial charge < -0.3 is 14.5 Å². The summed E-state index contributed by atoms with van der Waals surface area (Å²) in [7, 11) is 0. The van der Waals surface area contributed by atoms with Gasteiger partial charge in [0.2, 0.25) is 0 Å². The predicted molar refractivity (Wildman–Crippen MR) is 77.5 cm³/mol. The zero-order chi connectivity index (χ0) is 15.5. The van der Waals surface area contributed by atoms with Crippen LogP contribution in [0.15, 0.2) is 47.1 Å². The Hall–Kier alpha value is -2.56. The Kier molecular flexibility index (Phi) is 4.12. The highest BCUT2D eigenvalue weighted by Gasteiger charge is 2.22. The molecule has 0 saturated carbocycles. The highest BCUT2D eigenvalue weighted by Crippen LogP contribution is 2.23. The summed E-state index contributed by atoms with van der Waals surface area (Å²) in [5.74, 6) is -0.367. The van der Waals surface area contributed by atoms with E-state index < -0.39 is 11.6 Å². The molecule has 21 heavy (non-hydrogen) atoms. The molecule has 0 atom stereocenters. The van der Waals surface area contributed by atoms with Crippen molar-refractivity contribution in [3.05, 3.63) is 53.8 Å². The van der Waals surface area contributed by atoms with Crippen molar-refractivity contribution in [1.29, 1.82) is 0 Å². The van der Waals surface area contributed by atoms with Gasteiger partial charge in [-0.15, -0.1) is 0 Å². The van der Waals surface area contributed by atoms with Gasteiger partial charge in [-0.05, 0) is 26.8 Å². The van der Waals surface area contributed by atoms with Crippen molar-refractivity contribution in [2.24, 2.45) is 0 Å². The summed E-state index contributed by atoms with van der Waals surface area (Å²) in [6.45, 7) is 5.48. The number of rotatable bonds is 3. The number of hydrogen-bond acceptors (Lipinski definition) is 4. The molecule has 0 radical (unpaired) electrons. The molecule has 1 amide bonds. The van der Waals surface area contributed by atoms with Gasteiger partial charge in [0.15, 0.2) is 5.78 Å². The van der Waals surface area contributed by atoms with E-state index in [1.807, 2.05) is 26.8 Å². The number of furan rings is 1. The number of amides is 1. The molecule has 1 aromatic heterocycles. The predicted octanol–water partition coefficient (Wildman–Crippen LogP) is 3.40. The second-order valence-electron chi connectivity index (χ2n) is 5.58. The lowest BCUT2D eigenvalue weighted by Crippen LogP contribution is -2.42. The van der Waals surface area contributed by atoms with E-state index in [-0.39, 0.29) is 17.3 Å². The standard InChI is InChI=1S/C16H17NO4/c1-16(2,3)17-15(19)21-14-12(9-10-20-14)13(18)11-7-5-4-6-8-11/h4-10H,1-3H3,(H,17,19). The monoisotopic (exact) mass is 287 g/mol. The summed E-state index contributed by atoms with van der Waals surface area (Å²) in [5.41, 5.74) is 0.276. The van der Waals surface area contributed by atoms with Crippen molar-refractivity contribution in [3.63, 3.8) is 0 Å². The van der Waals surface area contributed by atoms with E-state index in [4.69, 9.17) is 9.15 Å². The fourth-order valence-electron chi connectivity index (χ4n) is 1.70. The number of ketones is 1. The average Bonchev–Trinajstić information content (AvgIpc) is 2.84. The first-order valence-corrected chi connectivity index (χ1v) is 6.54. The highest BCUT2D eigenvalue weighted by molar-refractivity contribution is 6.10. The Morgan fingerprint density at radius 2 is 1.76 bits per heavy atom. The molecule has 0 aliphatic heterocycles. The van der Waals surface area contributed by atoms with Gasteiger partial charge in [0.1, 0.15) is 5.56 Å². The van der Waals surface area contributed by atoms with Crippen molar-refractivity contribution in [2.75, 3.05) is 0 Å². The van der Waals surface area contributed by atoms with Gasteiger partial charge in [0.05, 0.1) is 6.26 Å². The van der Waals surface area contributed by atoms with Crippen LogP contribution in [0.1, 0.15) is 36.7 Å². The second-order valence-corrected chi connectivity index (χ2v) is 5.58. The maximum absolute atomic E-state index is 12.3. The van der Waals surface area contributed by atoms with E-state index in [2.05, 4.69) is 5.32 Å². The molecule has 5 nitrogen and oxygen atoms in total. The van der Waals surface area contributed by atoms with E-state index >= 15 is 0 Å². The number of carbonyl (C=O) groups excluding carboxylic acids is 2. The third kappa shape index (κ3) is 3.95. The molecule has 110 valence electrons. The Morgan fingerprint density at radius 1 is 1.10 bits per heavy atom. The first-order chi connectivity index (χ1) is 9.87. The molecule has 2 rings (SSSR count). The van der Waals surface area contributed by atoms with Crippen LogP contribution in [0, 0.1) is 0 Å². The Balaban J connectivity index is 2.16. The molecule has 0 aliphatic rings. The first-order valence-electron chi connectivity index (χ1n) is 6.54. The number of hydrogen-bond donors (Lipinski definition) is 1. The van der Waals surface area contributed by atoms with Gasteiger partial charge in [0, 0.05) is 11.1 Å². The molecule has 0 saturated heterocycles. The minimum Gasteiger partial charge on any atom is -0.433 e. The molecular weight excluding hydrogens is 270 g/mol. The normalized spacial score (nSPS) is 11.0. The smallest absolute Gasteiger partial charge is 0.415 e. The highest BCUT2D eigenvalue weighted by atomic mass is 16.6. The molecule has 0 aliphatic carbocycles. The molecule has 2 aromatic rings. The summed E-state index contributed by atoms with van der Waals surface area (Å²) < 4.78 is 10.2. The van der Waals surface area contributed by atoms with Crippen molar-refractivity contribution in [3.8, 4) is 5.95 Å². The number of carbonyl (C=O) groups is 2. The largest absolute Gasteiger partial charge is 0.433 e. The van der Waals surface area contributed by atoms with E-state index in [1.54, 1.807) is 24.3 Å². The molecule has 0 bridgehead atoms. The first kappa shape index (κ1) is 14.8. The Bertz CT molecular complexity index is 638. The quantitative estimate of drug-likeness (QED) is 0.878. The van der Waals surface area contributed by atoms with E-state index in [0.29, 0.717) is 5.56 Å². The third-order valence-corrected chi connectivity index (χ3v) is 2.57. The van der Waals surface area contributed by atoms with Crippen LogP contribution in [-0.4, -0.2) is 17.4 Å². The number of nitrogens with one attached hydrogen (secondary N) is 1. The fraction of sp³-hybridized carbons (Fsp3) is 0.250. The van der Waals surface area contributed by atoms with Gasteiger partial charge in [-0.2, -0.15) is 0 Å². The van der Waals surface area contributed by atoms with Crippen LogP contribution in [0.3, 0.4) is 0 Å². The van der Waals surface area contributed by atoms with Crippen molar-refractivity contribution >= 4 is 11.9 Å². The molecule has 0 unspecified atom stereocenters. The van der Waals surface area contributed by atoms with Gasteiger partial charge in [-0.25, -0.2) is 4.79 Å². The van der Waals surface area contributed by atoms with E-state index in [0.717, 1.165) is 0 Å². The van der Waals surface area contributed by atoms with Crippen molar-refractivity contribution in [2.45, 2.75) is 26.3 Å². The number of ether oxygens (including phenoxy) is 1. The van der Waals surface area contributed by atoms with E-state index in [1.165, 1.54) is 12.3 Å². The molecule has 0 fully saturated rings. The summed E-state index contributed by atoms with van der Waals surface area (Å²) in [5, 5.41) is 2.63. The fourth-order valence-corrected chi connectivity index (χ4v) is 1.70. The van der Waals surface area contributed by atoms with Crippen LogP contribution < -0.4 is 10.1 Å². The van der Waals surface area contributed by atoms with Crippen LogP contribution in [0.4, 0.5) is 4.79 Å². The van der Waals surface area contributed by atoms with Crippen LogP contribution >= 0.6 is 0 Å². The zero-order valence-corrected chi connectivity index (χ0v) is 12.2. The Morgan fingerprint density at radius 3 is 2.38 bits per heavy atom. The lowest BCUT2D eigenvalue weighted by atomic mass is 10.1. The SMILES string of the molecule is CC(C)(C)NC(=O)Oc1occc1C(=O)c1ccccc1. The lowest BCUT2D eigenvalue weighted by Gasteiger charge is -2.19. The van der Waals surface area contributed by atoms with Crippen LogP contribution in [0.25, 0.3) is 0 Å². The Labute approximate surface area is 122 Å². The summed E-state index contributed by atoms with van der Waals surface area (Å²) in [4.78, 5) is 24.1. The average molecular weight is 287 g/mol. The molecule has 0 spiro atoms. The second kappa shape index (κ2) is 5.83. The summed E-state index contributed by atoms with van der Waals surface area (Å²) in [6, 6.07) is 10.2. The molecule has 5 heteroatoms. The van der Waals surface area contributed by atoms with E-state index in [9.17, 15) is 9.59 Å². The maximum atomic E-state index is 12.3. The molecule has 1 N–H and O–H groups in total. The lowest BCUT2D eigenvalue weighted by molar-refractivity contribution is 0.103. The van der Waals surface area contributed by atoms with Crippen molar-refractivity contribution in [1.82, 2.24) is 5.32 Å². The minimum absolute atomic E-state index is 0.106. The summed E-state index contributed by atoms with van der Waals surface area (Å²) in [6.07, 6.45) is 0.648. The molecular formula is C16H17NO4. The topological polar surface area (TPSA) is 68.5 Å². The van der Waals surface area contributed by atoms with Crippen molar-refractivity contribution < 1.29 is 18.7 Å². The van der Waals surface area contributed by atoms with Gasteiger partial charge in [-0.1, -0.05) is 30.3 Å². The van der Waals surface area contributed by atoms with Crippen LogP contribution in [-0.2, 0) is 0 Å². The molecule has 1 aromatic carbocycles. The zero-order valence-electron chi connectivity index (χ0n) is 12.2. The molecule has 1 heterocycles. The number of benzene rings is 1. The summed E-state index contributed by atoms with van der Waals surface area (Å²) >= 11 is 0.